The zero-order valence-corrected chi connectivity index (χ0v) is 9.26. The monoisotopic (exact) mass is 208 g/mol. The van der Waals surface area contributed by atoms with Crippen LogP contribution in [-0.4, -0.2) is 16.1 Å². The van der Waals surface area contributed by atoms with E-state index in [9.17, 15) is 5.11 Å². The Balaban J connectivity index is 2.17. The van der Waals surface area contributed by atoms with E-state index in [4.69, 9.17) is 0 Å². The Morgan fingerprint density at radius 2 is 2.07 bits per heavy atom. The summed E-state index contributed by atoms with van der Waals surface area (Å²) in [7, 11) is 0. The zero-order chi connectivity index (χ0) is 10.0. The van der Waals surface area contributed by atoms with Crippen molar-refractivity contribution in [2.45, 2.75) is 30.6 Å². The van der Waals surface area contributed by atoms with Crippen LogP contribution in [0, 0.1) is 0 Å². The number of aliphatic hydroxyl groups is 1. The fourth-order valence-electron chi connectivity index (χ4n) is 1.85. The third-order valence-corrected chi connectivity index (χ3v) is 4.33. The van der Waals surface area contributed by atoms with Crippen LogP contribution in [0.15, 0.2) is 30.3 Å². The maximum absolute atomic E-state index is 10.4. The van der Waals surface area contributed by atoms with Gasteiger partial charge in [-0.15, -0.1) is 0 Å². The van der Waals surface area contributed by atoms with Crippen molar-refractivity contribution in [2.24, 2.45) is 0 Å². The molecule has 0 aliphatic carbocycles. The average molecular weight is 208 g/mol. The molecule has 2 heteroatoms. The summed E-state index contributed by atoms with van der Waals surface area (Å²) in [5, 5.41) is 11.1. The van der Waals surface area contributed by atoms with Gasteiger partial charge >= 0.3 is 0 Å². The molecule has 0 bridgehead atoms. The highest BCUT2D eigenvalue weighted by Gasteiger charge is 2.33. The molecule has 1 N–H and O–H groups in total. The van der Waals surface area contributed by atoms with E-state index in [1.807, 2.05) is 42.1 Å². The van der Waals surface area contributed by atoms with Crippen LogP contribution >= 0.6 is 11.8 Å². The van der Waals surface area contributed by atoms with E-state index in [1.54, 1.807) is 0 Å². The molecule has 0 amide bonds. The second kappa shape index (κ2) is 3.95. The summed E-state index contributed by atoms with van der Waals surface area (Å²) in [6.45, 7) is 2.23. The van der Waals surface area contributed by atoms with Crippen LogP contribution in [0.4, 0.5) is 0 Å². The molecule has 0 unspecified atom stereocenters. The number of benzene rings is 1. The summed E-state index contributed by atoms with van der Waals surface area (Å²) < 4.78 is 0. The van der Waals surface area contributed by atoms with Crippen molar-refractivity contribution in [3.63, 3.8) is 0 Å². The summed E-state index contributed by atoms with van der Waals surface area (Å²) >= 11 is 1.87. The van der Waals surface area contributed by atoms with Gasteiger partial charge in [-0.25, -0.2) is 0 Å². The molecule has 14 heavy (non-hydrogen) atoms. The topological polar surface area (TPSA) is 20.2 Å². The summed E-state index contributed by atoms with van der Waals surface area (Å²) in [6, 6.07) is 10.0. The van der Waals surface area contributed by atoms with Gasteiger partial charge in [-0.1, -0.05) is 37.3 Å². The van der Waals surface area contributed by atoms with Gasteiger partial charge in [-0.2, -0.15) is 11.8 Å². The molecule has 76 valence electrons. The van der Waals surface area contributed by atoms with E-state index in [2.05, 4.69) is 6.92 Å². The Kier molecular flexibility index (Phi) is 2.84. The fraction of sp³-hybridized carbons (Fsp3) is 0.500. The van der Waals surface area contributed by atoms with Gasteiger partial charge in [0, 0.05) is 11.0 Å². The quantitative estimate of drug-likeness (QED) is 0.766. The summed E-state index contributed by atoms with van der Waals surface area (Å²) in [5.74, 6) is 0.832. The van der Waals surface area contributed by atoms with Crippen LogP contribution in [0.3, 0.4) is 0 Å². The molecular formula is C12H16OS. The highest BCUT2D eigenvalue weighted by molar-refractivity contribution is 7.99. The molecule has 2 rings (SSSR count). The minimum absolute atomic E-state index is 0.585. The van der Waals surface area contributed by atoms with Crippen molar-refractivity contribution in [2.75, 3.05) is 5.75 Å². The molecule has 1 aliphatic heterocycles. The van der Waals surface area contributed by atoms with Gasteiger partial charge in [-0.05, 0) is 18.4 Å². The zero-order valence-electron chi connectivity index (χ0n) is 8.44. The van der Waals surface area contributed by atoms with Crippen molar-refractivity contribution in [3.8, 4) is 0 Å². The normalized spacial score (nSPS) is 32.9. The predicted molar refractivity (Wildman–Crippen MR) is 61.5 cm³/mol. The van der Waals surface area contributed by atoms with Gasteiger partial charge in [-0.3, -0.25) is 0 Å². The van der Waals surface area contributed by atoms with E-state index in [1.165, 1.54) is 0 Å². The van der Waals surface area contributed by atoms with E-state index in [0.717, 1.165) is 24.2 Å². The summed E-state index contributed by atoms with van der Waals surface area (Å²) in [4.78, 5) is 0. The number of thioether (sulfide) groups is 1. The molecule has 0 aromatic heterocycles. The highest BCUT2D eigenvalue weighted by atomic mass is 32.2. The van der Waals surface area contributed by atoms with Gasteiger partial charge in [0.1, 0.15) is 0 Å². The maximum atomic E-state index is 10.4. The second-order valence-corrected chi connectivity index (χ2v) is 5.48. The third-order valence-electron chi connectivity index (χ3n) is 2.88. The van der Waals surface area contributed by atoms with E-state index in [0.29, 0.717) is 5.25 Å². The molecule has 1 saturated heterocycles. The van der Waals surface area contributed by atoms with Gasteiger partial charge in [0.2, 0.25) is 0 Å². The lowest BCUT2D eigenvalue weighted by Gasteiger charge is -2.34. The SMILES string of the molecule is C[C@H]1CC[C@](O)(c2ccccc2)CS1. The molecule has 1 aromatic rings. The number of hydrogen-bond donors (Lipinski definition) is 1. The molecule has 1 heterocycles. The van der Waals surface area contributed by atoms with Crippen molar-refractivity contribution < 1.29 is 5.11 Å². The summed E-state index contributed by atoms with van der Waals surface area (Å²) in [6.07, 6.45) is 2.00. The Morgan fingerprint density at radius 1 is 1.36 bits per heavy atom. The van der Waals surface area contributed by atoms with Crippen molar-refractivity contribution in [1.29, 1.82) is 0 Å². The van der Waals surface area contributed by atoms with Crippen LogP contribution in [0.5, 0.6) is 0 Å². The first-order valence-electron chi connectivity index (χ1n) is 5.10. The first kappa shape index (κ1) is 10.1. The number of rotatable bonds is 1. The Morgan fingerprint density at radius 3 is 2.64 bits per heavy atom. The van der Waals surface area contributed by atoms with Gasteiger partial charge in [0.15, 0.2) is 0 Å². The first-order valence-corrected chi connectivity index (χ1v) is 6.15. The lowest BCUT2D eigenvalue weighted by Crippen LogP contribution is -2.33. The average Bonchev–Trinajstić information content (AvgIpc) is 2.24. The molecule has 0 spiro atoms. The van der Waals surface area contributed by atoms with Crippen LogP contribution in [-0.2, 0) is 5.60 Å². The summed E-state index contributed by atoms with van der Waals surface area (Å²) in [5.41, 5.74) is 0.484. The minimum Gasteiger partial charge on any atom is -0.384 e. The van der Waals surface area contributed by atoms with Crippen LogP contribution < -0.4 is 0 Å². The van der Waals surface area contributed by atoms with E-state index >= 15 is 0 Å². The Bertz CT molecular complexity index is 288. The van der Waals surface area contributed by atoms with Gasteiger partial charge in [0.25, 0.3) is 0 Å². The molecular weight excluding hydrogens is 192 g/mol. The molecule has 1 aliphatic rings. The van der Waals surface area contributed by atoms with Crippen molar-refractivity contribution in [1.82, 2.24) is 0 Å². The van der Waals surface area contributed by atoms with Crippen LogP contribution in [0.1, 0.15) is 25.3 Å². The molecule has 1 nitrogen and oxygen atoms in total. The van der Waals surface area contributed by atoms with Crippen molar-refractivity contribution >= 4 is 11.8 Å². The second-order valence-electron chi connectivity index (χ2n) is 4.06. The van der Waals surface area contributed by atoms with Crippen LogP contribution in [0.25, 0.3) is 0 Å². The Labute approximate surface area is 89.5 Å². The smallest absolute Gasteiger partial charge is 0.0987 e. The number of hydrogen-bond acceptors (Lipinski definition) is 2. The molecule has 2 atom stereocenters. The predicted octanol–water partition coefficient (Wildman–Crippen LogP) is 2.79. The molecule has 0 saturated carbocycles. The molecule has 0 radical (unpaired) electrons. The molecule has 1 aromatic carbocycles. The lowest BCUT2D eigenvalue weighted by atomic mass is 9.90. The Hall–Kier alpha value is -0.470. The molecule has 1 fully saturated rings. The van der Waals surface area contributed by atoms with Crippen molar-refractivity contribution in [3.05, 3.63) is 35.9 Å². The highest BCUT2D eigenvalue weighted by Crippen LogP contribution is 2.38. The van der Waals surface area contributed by atoms with Gasteiger partial charge in [0.05, 0.1) is 5.60 Å². The fourth-order valence-corrected chi connectivity index (χ4v) is 3.01. The maximum Gasteiger partial charge on any atom is 0.0987 e. The van der Waals surface area contributed by atoms with E-state index < -0.39 is 5.60 Å². The largest absolute Gasteiger partial charge is 0.384 e. The third kappa shape index (κ3) is 1.96. The standard InChI is InChI=1S/C12H16OS/c1-10-7-8-12(13,9-14-10)11-5-3-2-4-6-11/h2-6,10,13H,7-9H2,1H3/t10-,12+/m0/s1. The first-order chi connectivity index (χ1) is 6.71. The van der Waals surface area contributed by atoms with Gasteiger partial charge < -0.3 is 5.11 Å². The van der Waals surface area contributed by atoms with Crippen LogP contribution in [0.2, 0.25) is 0 Å². The lowest BCUT2D eigenvalue weighted by molar-refractivity contribution is 0.0471. The minimum atomic E-state index is -0.585. The van der Waals surface area contributed by atoms with E-state index in [-0.39, 0.29) is 0 Å².